The molecule has 0 radical (unpaired) electrons. The van der Waals surface area contributed by atoms with Gasteiger partial charge >= 0.3 is 0 Å². The highest BCUT2D eigenvalue weighted by molar-refractivity contribution is 7.20. The second-order valence-corrected chi connectivity index (χ2v) is 7.21. The fourth-order valence-corrected chi connectivity index (χ4v) is 3.59. The molecule has 0 saturated heterocycles. The first-order chi connectivity index (χ1) is 9.88. The molecule has 1 unspecified atom stereocenters. The monoisotopic (exact) mass is 342 g/mol. The highest BCUT2D eigenvalue weighted by Gasteiger charge is 2.14. The number of anilines is 1. The number of nitrogens with one attached hydrogen (secondary N) is 1. The molecule has 2 rings (SSSR count). The molecule has 0 saturated carbocycles. The Bertz CT molecular complexity index is 638. The summed E-state index contributed by atoms with van der Waals surface area (Å²) in [6, 6.07) is 9.29. The molecule has 1 N–H and O–H groups in total. The highest BCUT2D eigenvalue weighted by atomic mass is 35.5. The molecule has 0 aliphatic heterocycles. The Labute approximate surface area is 138 Å². The van der Waals surface area contributed by atoms with E-state index in [-0.39, 0.29) is 11.9 Å². The van der Waals surface area contributed by atoms with E-state index in [2.05, 4.69) is 5.32 Å². The second kappa shape index (κ2) is 6.69. The van der Waals surface area contributed by atoms with Crippen molar-refractivity contribution in [1.29, 1.82) is 0 Å². The van der Waals surface area contributed by atoms with E-state index in [4.69, 9.17) is 23.2 Å². The molecule has 0 bridgehead atoms. The molecular formula is C15H16Cl2N2OS. The quantitative estimate of drug-likeness (QED) is 0.854. The molecule has 3 nitrogen and oxygen atoms in total. The largest absolute Gasteiger partial charge is 0.378 e. The molecule has 0 aliphatic rings. The molecule has 1 aromatic heterocycles. The van der Waals surface area contributed by atoms with Gasteiger partial charge in [0.1, 0.15) is 0 Å². The average Bonchev–Trinajstić information content (AvgIpc) is 2.77. The van der Waals surface area contributed by atoms with Gasteiger partial charge in [-0.15, -0.1) is 11.3 Å². The zero-order chi connectivity index (χ0) is 15.6. The Hall–Kier alpha value is -1.23. The molecule has 6 heteroatoms. The van der Waals surface area contributed by atoms with E-state index in [9.17, 15) is 4.79 Å². The number of hydrogen-bond acceptors (Lipinski definition) is 3. The number of carbonyl (C=O) groups is 1. The van der Waals surface area contributed by atoms with Crippen molar-refractivity contribution in [2.45, 2.75) is 13.0 Å². The van der Waals surface area contributed by atoms with Crippen molar-refractivity contribution in [2.75, 3.05) is 19.4 Å². The third-order valence-corrected chi connectivity index (χ3v) is 4.59. The molecule has 0 fully saturated rings. The molecule has 21 heavy (non-hydrogen) atoms. The van der Waals surface area contributed by atoms with Gasteiger partial charge in [0.05, 0.1) is 14.7 Å². The van der Waals surface area contributed by atoms with Crippen LogP contribution < -0.4 is 5.32 Å². The number of thiophene rings is 1. The predicted octanol–water partition coefficient (Wildman–Crippen LogP) is 4.93. The fraction of sp³-hybridized carbons (Fsp3) is 0.267. The summed E-state index contributed by atoms with van der Waals surface area (Å²) in [4.78, 5) is 13.4. The number of benzene rings is 1. The van der Waals surface area contributed by atoms with Crippen LogP contribution in [0, 0.1) is 0 Å². The number of carbonyl (C=O) groups excluding carboxylic acids is 1. The van der Waals surface area contributed by atoms with Crippen LogP contribution in [-0.2, 0) is 0 Å². The molecule has 1 heterocycles. The van der Waals surface area contributed by atoms with E-state index in [0.29, 0.717) is 14.2 Å². The van der Waals surface area contributed by atoms with Crippen molar-refractivity contribution in [3.05, 3.63) is 50.1 Å². The first kappa shape index (κ1) is 16.1. The molecule has 0 spiro atoms. The minimum Gasteiger partial charge on any atom is -0.378 e. The van der Waals surface area contributed by atoms with Crippen LogP contribution in [0.5, 0.6) is 0 Å². The topological polar surface area (TPSA) is 32.3 Å². The summed E-state index contributed by atoms with van der Waals surface area (Å²) in [6.45, 7) is 2.02. The van der Waals surface area contributed by atoms with Gasteiger partial charge in [-0.1, -0.05) is 23.2 Å². The summed E-state index contributed by atoms with van der Waals surface area (Å²) in [5, 5.41) is 3.35. The maximum Gasteiger partial charge on any atom is 0.253 e. The standard InChI is InChI=1S/C15H16Cl2N2OS/c1-9(12-8-13(16)21-14(12)17)18-11-6-4-10(5-7-11)15(20)19(2)3/h4-9,18H,1-3H3. The van der Waals surface area contributed by atoms with Crippen LogP contribution in [0.25, 0.3) is 0 Å². The predicted molar refractivity (Wildman–Crippen MR) is 90.8 cm³/mol. The van der Waals surface area contributed by atoms with E-state index in [1.165, 1.54) is 11.3 Å². The minimum absolute atomic E-state index is 0.0118. The Balaban J connectivity index is 2.10. The van der Waals surface area contributed by atoms with Crippen molar-refractivity contribution in [2.24, 2.45) is 0 Å². The van der Waals surface area contributed by atoms with Crippen LogP contribution in [0.15, 0.2) is 30.3 Å². The van der Waals surface area contributed by atoms with Crippen molar-refractivity contribution in [1.82, 2.24) is 4.90 Å². The lowest BCUT2D eigenvalue weighted by atomic mass is 10.1. The Morgan fingerprint density at radius 2 is 1.86 bits per heavy atom. The lowest BCUT2D eigenvalue weighted by molar-refractivity contribution is 0.0827. The SMILES string of the molecule is CC(Nc1ccc(C(=O)N(C)C)cc1)c1cc(Cl)sc1Cl. The maximum absolute atomic E-state index is 11.8. The average molecular weight is 343 g/mol. The van der Waals surface area contributed by atoms with Gasteiger partial charge in [0, 0.05) is 30.9 Å². The number of rotatable bonds is 4. The van der Waals surface area contributed by atoms with Gasteiger partial charge in [0.25, 0.3) is 5.91 Å². The maximum atomic E-state index is 11.8. The van der Waals surface area contributed by atoms with E-state index in [1.54, 1.807) is 31.1 Å². The van der Waals surface area contributed by atoms with Crippen LogP contribution in [0.4, 0.5) is 5.69 Å². The van der Waals surface area contributed by atoms with E-state index >= 15 is 0 Å². The van der Waals surface area contributed by atoms with Gasteiger partial charge in [-0.25, -0.2) is 0 Å². The first-order valence-electron chi connectivity index (χ1n) is 6.41. The van der Waals surface area contributed by atoms with Gasteiger partial charge in [-0.2, -0.15) is 0 Å². The minimum atomic E-state index is -0.0118. The van der Waals surface area contributed by atoms with Crippen LogP contribution in [0.2, 0.25) is 8.67 Å². The van der Waals surface area contributed by atoms with E-state index < -0.39 is 0 Å². The van der Waals surface area contributed by atoms with Crippen LogP contribution >= 0.6 is 34.5 Å². The number of halogens is 2. The Kier molecular flexibility index (Phi) is 5.14. The number of nitrogens with zero attached hydrogens (tertiary/aromatic N) is 1. The van der Waals surface area contributed by atoms with Crippen molar-refractivity contribution in [3.8, 4) is 0 Å². The normalized spacial score (nSPS) is 12.0. The van der Waals surface area contributed by atoms with Gasteiger partial charge < -0.3 is 10.2 Å². The van der Waals surface area contributed by atoms with Crippen molar-refractivity contribution >= 4 is 46.1 Å². The van der Waals surface area contributed by atoms with Crippen molar-refractivity contribution in [3.63, 3.8) is 0 Å². The zero-order valence-electron chi connectivity index (χ0n) is 12.0. The van der Waals surface area contributed by atoms with Crippen LogP contribution in [0.3, 0.4) is 0 Å². The van der Waals surface area contributed by atoms with Crippen LogP contribution in [-0.4, -0.2) is 24.9 Å². The van der Waals surface area contributed by atoms with Crippen LogP contribution in [0.1, 0.15) is 28.9 Å². The third kappa shape index (κ3) is 3.90. The van der Waals surface area contributed by atoms with Gasteiger partial charge in [0.2, 0.25) is 0 Å². The lowest BCUT2D eigenvalue weighted by Crippen LogP contribution is -2.21. The molecule has 2 aromatic rings. The molecule has 0 aliphatic carbocycles. The Morgan fingerprint density at radius 3 is 2.33 bits per heavy atom. The van der Waals surface area contributed by atoms with Gasteiger partial charge in [-0.05, 0) is 37.3 Å². The first-order valence-corrected chi connectivity index (χ1v) is 7.98. The van der Waals surface area contributed by atoms with E-state index in [0.717, 1.165) is 11.3 Å². The smallest absolute Gasteiger partial charge is 0.253 e. The molecule has 1 atom stereocenters. The fourth-order valence-electron chi connectivity index (χ4n) is 1.94. The molecule has 1 aromatic carbocycles. The third-order valence-electron chi connectivity index (χ3n) is 3.07. The summed E-state index contributed by atoms with van der Waals surface area (Å²) in [5.41, 5.74) is 2.56. The summed E-state index contributed by atoms with van der Waals surface area (Å²) < 4.78 is 1.37. The summed E-state index contributed by atoms with van der Waals surface area (Å²) >= 11 is 13.5. The number of amides is 1. The van der Waals surface area contributed by atoms with Gasteiger partial charge in [-0.3, -0.25) is 4.79 Å². The number of hydrogen-bond donors (Lipinski definition) is 1. The van der Waals surface area contributed by atoms with Gasteiger partial charge in [0.15, 0.2) is 0 Å². The summed E-state index contributed by atoms with van der Waals surface area (Å²) in [6.07, 6.45) is 0. The lowest BCUT2D eigenvalue weighted by Gasteiger charge is -2.15. The second-order valence-electron chi connectivity index (χ2n) is 4.92. The summed E-state index contributed by atoms with van der Waals surface area (Å²) in [7, 11) is 3.47. The van der Waals surface area contributed by atoms with E-state index in [1.807, 2.05) is 25.1 Å². The molecule has 1 amide bonds. The highest BCUT2D eigenvalue weighted by Crippen LogP contribution is 2.36. The summed E-state index contributed by atoms with van der Waals surface area (Å²) in [5.74, 6) is -0.0118. The van der Waals surface area contributed by atoms with Crippen molar-refractivity contribution < 1.29 is 4.79 Å². The Morgan fingerprint density at radius 1 is 1.24 bits per heavy atom. The molecule has 112 valence electrons. The molecular weight excluding hydrogens is 327 g/mol. The zero-order valence-corrected chi connectivity index (χ0v) is 14.3.